The summed E-state index contributed by atoms with van der Waals surface area (Å²) in [6.07, 6.45) is 2.75. The average molecular weight is 478 g/mol. The van der Waals surface area contributed by atoms with Crippen LogP contribution in [0.25, 0.3) is 17.0 Å². The van der Waals surface area contributed by atoms with Crippen molar-refractivity contribution in [2.75, 3.05) is 46.9 Å². The first kappa shape index (κ1) is 23.3. The van der Waals surface area contributed by atoms with E-state index in [1.165, 1.54) is 6.07 Å². The largest absolute Gasteiger partial charge is 0.508 e. The number of nitrogens with zero attached hydrogens (tertiary/aromatic N) is 3. The van der Waals surface area contributed by atoms with Gasteiger partial charge in [-0.2, -0.15) is 0 Å². The Bertz CT molecular complexity index is 1320. The molecular formula is C27H31N3O5. The van der Waals surface area contributed by atoms with Crippen molar-refractivity contribution in [1.82, 2.24) is 14.4 Å². The molecule has 5 rings (SSSR count). The van der Waals surface area contributed by atoms with Crippen molar-refractivity contribution in [3.8, 4) is 23.0 Å². The van der Waals surface area contributed by atoms with Gasteiger partial charge in [-0.15, -0.1) is 0 Å². The van der Waals surface area contributed by atoms with Crippen LogP contribution in [0.2, 0.25) is 0 Å². The Morgan fingerprint density at radius 2 is 1.86 bits per heavy atom. The van der Waals surface area contributed by atoms with Crippen LogP contribution in [0, 0.1) is 6.92 Å². The van der Waals surface area contributed by atoms with Gasteiger partial charge in [-0.05, 0) is 51.2 Å². The number of methoxy groups -OCH3 is 1. The summed E-state index contributed by atoms with van der Waals surface area (Å²) < 4.78 is 13.5. The van der Waals surface area contributed by atoms with E-state index in [9.17, 15) is 15.0 Å². The fourth-order valence-electron chi connectivity index (χ4n) is 5.02. The van der Waals surface area contributed by atoms with Gasteiger partial charge in [0.05, 0.1) is 7.11 Å². The number of aromatic hydroxyl groups is 2. The first-order chi connectivity index (χ1) is 16.9. The number of carbonyl (C=O) groups excluding carboxylic acids is 1. The zero-order valence-corrected chi connectivity index (χ0v) is 20.4. The summed E-state index contributed by atoms with van der Waals surface area (Å²) in [4.78, 5) is 17.9. The normalized spacial score (nSPS) is 17.8. The molecule has 2 aliphatic heterocycles. The summed E-state index contributed by atoms with van der Waals surface area (Å²) >= 11 is 0. The van der Waals surface area contributed by atoms with Crippen molar-refractivity contribution < 1.29 is 24.5 Å². The third-order valence-corrected chi connectivity index (χ3v) is 7.04. The van der Waals surface area contributed by atoms with Crippen LogP contribution in [0.3, 0.4) is 0 Å². The lowest BCUT2D eigenvalue weighted by Gasteiger charge is -2.32. The van der Waals surface area contributed by atoms with E-state index in [-0.39, 0.29) is 28.6 Å². The molecule has 2 aliphatic rings. The summed E-state index contributed by atoms with van der Waals surface area (Å²) in [5.74, 6) is 0.145. The number of phenolic OH excluding ortho intramolecular Hbond substituents is 2. The maximum absolute atomic E-state index is 13.0. The van der Waals surface area contributed by atoms with E-state index in [0.717, 1.165) is 79.7 Å². The SMILES string of the molecule is COc1ccc2c(c1)c(C=C1Oc3cc(O)cc(O)c3C1=O)c(C)n2CCCN1CCN(C)CC1. The first-order valence-corrected chi connectivity index (χ1v) is 11.9. The highest BCUT2D eigenvalue weighted by Crippen LogP contribution is 2.41. The van der Waals surface area contributed by atoms with Gasteiger partial charge in [0.2, 0.25) is 5.78 Å². The highest BCUT2D eigenvalue weighted by atomic mass is 16.5. The monoisotopic (exact) mass is 477 g/mol. The fourth-order valence-corrected chi connectivity index (χ4v) is 5.02. The molecule has 0 atom stereocenters. The van der Waals surface area contributed by atoms with Gasteiger partial charge in [-0.3, -0.25) is 4.79 Å². The van der Waals surface area contributed by atoms with E-state index in [0.29, 0.717) is 0 Å². The molecule has 35 heavy (non-hydrogen) atoms. The molecule has 8 nitrogen and oxygen atoms in total. The Morgan fingerprint density at radius 3 is 2.60 bits per heavy atom. The molecule has 8 heteroatoms. The fraction of sp³-hybridized carbons (Fsp3) is 0.370. The van der Waals surface area contributed by atoms with Crippen molar-refractivity contribution in [3.63, 3.8) is 0 Å². The number of phenols is 2. The van der Waals surface area contributed by atoms with E-state index in [1.807, 2.05) is 19.1 Å². The molecule has 184 valence electrons. The molecule has 1 saturated heterocycles. The number of aryl methyl sites for hydroxylation is 1. The van der Waals surface area contributed by atoms with E-state index >= 15 is 0 Å². The third-order valence-electron chi connectivity index (χ3n) is 7.04. The van der Waals surface area contributed by atoms with Gasteiger partial charge in [0.1, 0.15) is 28.6 Å². The Morgan fingerprint density at radius 1 is 1.09 bits per heavy atom. The van der Waals surface area contributed by atoms with Crippen molar-refractivity contribution in [3.05, 3.63) is 52.9 Å². The summed E-state index contributed by atoms with van der Waals surface area (Å²) in [6.45, 7) is 8.34. The van der Waals surface area contributed by atoms with Crippen LogP contribution < -0.4 is 9.47 Å². The van der Waals surface area contributed by atoms with Crippen LogP contribution in [-0.4, -0.2) is 77.2 Å². The standard InChI is InChI=1S/C27H31N3O5/c1-17-20(16-25-27(33)26-23(32)13-18(31)14-24(26)35-25)21-15-19(34-3)5-6-22(21)30(17)8-4-7-29-11-9-28(2)10-12-29/h5-6,13-16,31-32H,4,7-12H2,1-3H3. The van der Waals surface area contributed by atoms with Crippen LogP contribution in [0.1, 0.15) is 28.0 Å². The summed E-state index contributed by atoms with van der Waals surface area (Å²) in [5, 5.41) is 20.9. The number of fused-ring (bicyclic) bond motifs is 2. The van der Waals surface area contributed by atoms with E-state index in [1.54, 1.807) is 13.2 Å². The van der Waals surface area contributed by atoms with Gasteiger partial charge in [-0.1, -0.05) is 0 Å². The maximum atomic E-state index is 13.0. The Hall–Kier alpha value is -3.49. The second-order valence-corrected chi connectivity index (χ2v) is 9.31. The van der Waals surface area contributed by atoms with Gasteiger partial charge < -0.3 is 34.1 Å². The predicted molar refractivity (Wildman–Crippen MR) is 134 cm³/mol. The summed E-state index contributed by atoms with van der Waals surface area (Å²) in [7, 11) is 3.80. The number of rotatable bonds is 6. The first-order valence-electron chi connectivity index (χ1n) is 11.9. The number of allylic oxidation sites excluding steroid dienone is 1. The predicted octanol–water partition coefficient (Wildman–Crippen LogP) is 3.62. The zero-order valence-electron chi connectivity index (χ0n) is 20.4. The molecule has 2 N–H and O–H groups in total. The molecule has 2 aromatic carbocycles. The Labute approximate surface area is 204 Å². The minimum atomic E-state index is -0.407. The van der Waals surface area contributed by atoms with Crippen molar-refractivity contribution >= 4 is 22.8 Å². The maximum Gasteiger partial charge on any atom is 0.235 e. The molecule has 1 aromatic heterocycles. The highest BCUT2D eigenvalue weighted by Gasteiger charge is 2.32. The van der Waals surface area contributed by atoms with Crippen molar-refractivity contribution in [2.24, 2.45) is 0 Å². The Balaban J connectivity index is 1.47. The average Bonchev–Trinajstić information content (AvgIpc) is 3.28. The Kier molecular flexibility index (Phi) is 6.17. The van der Waals surface area contributed by atoms with Crippen LogP contribution >= 0.6 is 0 Å². The van der Waals surface area contributed by atoms with Gasteiger partial charge in [0.25, 0.3) is 0 Å². The van der Waals surface area contributed by atoms with Gasteiger partial charge in [0.15, 0.2) is 5.76 Å². The molecule has 0 spiro atoms. The molecule has 3 heterocycles. The minimum Gasteiger partial charge on any atom is -0.508 e. The number of benzene rings is 2. The molecule has 3 aromatic rings. The molecule has 1 fully saturated rings. The minimum absolute atomic E-state index is 0.0696. The van der Waals surface area contributed by atoms with E-state index < -0.39 is 5.78 Å². The number of Topliss-reactive ketones (excluding diaryl/α,β-unsaturated/α-hetero) is 1. The topological polar surface area (TPSA) is 87.4 Å². The van der Waals surface area contributed by atoms with Crippen molar-refractivity contribution in [2.45, 2.75) is 19.9 Å². The quantitative estimate of drug-likeness (QED) is 0.525. The van der Waals surface area contributed by atoms with Crippen LogP contribution in [0.15, 0.2) is 36.1 Å². The number of carbonyl (C=O) groups is 1. The van der Waals surface area contributed by atoms with Crippen molar-refractivity contribution in [1.29, 1.82) is 0 Å². The van der Waals surface area contributed by atoms with E-state index in [4.69, 9.17) is 9.47 Å². The van der Waals surface area contributed by atoms with Crippen LogP contribution in [0.4, 0.5) is 0 Å². The molecule has 0 bridgehead atoms. The number of hydrogen-bond acceptors (Lipinski definition) is 7. The lowest BCUT2D eigenvalue weighted by atomic mass is 10.1. The molecule has 0 amide bonds. The van der Waals surface area contributed by atoms with Gasteiger partial charge in [0, 0.05) is 67.0 Å². The number of hydrogen-bond donors (Lipinski definition) is 2. The molecule has 0 unspecified atom stereocenters. The number of ketones is 1. The second-order valence-electron chi connectivity index (χ2n) is 9.31. The summed E-state index contributed by atoms with van der Waals surface area (Å²) in [5.41, 5.74) is 3.04. The number of piperazine rings is 1. The summed E-state index contributed by atoms with van der Waals surface area (Å²) in [6, 6.07) is 8.46. The number of ether oxygens (including phenoxy) is 2. The third kappa shape index (κ3) is 4.35. The van der Waals surface area contributed by atoms with Gasteiger partial charge >= 0.3 is 0 Å². The number of likely N-dealkylation sites (N-methyl/N-ethyl adjacent to an activating group) is 1. The highest BCUT2D eigenvalue weighted by molar-refractivity contribution is 6.17. The van der Waals surface area contributed by atoms with Gasteiger partial charge in [-0.25, -0.2) is 0 Å². The lowest BCUT2D eigenvalue weighted by Crippen LogP contribution is -2.44. The molecule has 0 saturated carbocycles. The van der Waals surface area contributed by atoms with Crippen LogP contribution in [-0.2, 0) is 6.54 Å². The lowest BCUT2D eigenvalue weighted by molar-refractivity contribution is 0.101. The van der Waals surface area contributed by atoms with E-state index in [2.05, 4.69) is 27.5 Å². The smallest absolute Gasteiger partial charge is 0.235 e. The zero-order chi connectivity index (χ0) is 24.7. The molecule has 0 radical (unpaired) electrons. The van der Waals surface area contributed by atoms with Crippen LogP contribution in [0.5, 0.6) is 23.0 Å². The second kappa shape index (κ2) is 9.28. The number of aromatic nitrogens is 1. The molecule has 0 aliphatic carbocycles. The molecular weight excluding hydrogens is 446 g/mol.